The highest BCUT2D eigenvalue weighted by molar-refractivity contribution is 5.73. The van der Waals surface area contributed by atoms with Crippen molar-refractivity contribution in [2.75, 3.05) is 6.61 Å². The lowest BCUT2D eigenvalue weighted by Gasteiger charge is -2.05. The molecular formula is C11H11NO4. The lowest BCUT2D eigenvalue weighted by Crippen LogP contribution is -2.07. The second-order valence-corrected chi connectivity index (χ2v) is 3.10. The third-order valence-electron chi connectivity index (χ3n) is 1.92. The van der Waals surface area contributed by atoms with E-state index in [2.05, 4.69) is 0 Å². The van der Waals surface area contributed by atoms with Crippen LogP contribution >= 0.6 is 0 Å². The molecule has 0 aliphatic rings. The van der Waals surface area contributed by atoms with Crippen molar-refractivity contribution in [1.82, 2.24) is 0 Å². The zero-order chi connectivity index (χ0) is 12.1. The van der Waals surface area contributed by atoms with Crippen molar-refractivity contribution in [3.8, 4) is 17.6 Å². The number of hydrogen-bond acceptors (Lipinski definition) is 5. The van der Waals surface area contributed by atoms with E-state index in [-0.39, 0.29) is 18.6 Å². The molecule has 0 radical (unpaired) electrons. The molecule has 0 amide bonds. The Kier molecular flexibility index (Phi) is 3.72. The molecule has 0 atom stereocenters. The lowest BCUT2D eigenvalue weighted by atomic mass is 10.1. The van der Waals surface area contributed by atoms with Gasteiger partial charge in [-0.2, -0.15) is 5.26 Å². The summed E-state index contributed by atoms with van der Waals surface area (Å²) in [6.07, 6.45) is -0.0453. The number of phenolic OH excluding ortho intramolecular Hbond substituents is 2. The second-order valence-electron chi connectivity index (χ2n) is 3.10. The van der Waals surface area contributed by atoms with Gasteiger partial charge >= 0.3 is 5.97 Å². The average molecular weight is 221 g/mol. The smallest absolute Gasteiger partial charge is 0.310 e. The van der Waals surface area contributed by atoms with E-state index >= 15 is 0 Å². The summed E-state index contributed by atoms with van der Waals surface area (Å²) in [6.45, 7) is 1.96. The SMILES string of the molecule is CCOC(=O)Cc1cc(O)c(O)c(C#N)c1. The molecule has 5 heteroatoms. The van der Waals surface area contributed by atoms with Crippen LogP contribution in [0, 0.1) is 11.3 Å². The molecular weight excluding hydrogens is 210 g/mol. The molecule has 2 N–H and O–H groups in total. The Morgan fingerprint density at radius 3 is 2.75 bits per heavy atom. The largest absolute Gasteiger partial charge is 0.504 e. The number of aromatic hydroxyl groups is 2. The summed E-state index contributed by atoms with van der Waals surface area (Å²) in [7, 11) is 0. The summed E-state index contributed by atoms with van der Waals surface area (Å²) in [5.41, 5.74) is 0.351. The first kappa shape index (κ1) is 11.9. The van der Waals surface area contributed by atoms with E-state index in [1.807, 2.05) is 0 Å². The summed E-state index contributed by atoms with van der Waals surface area (Å²) < 4.78 is 4.72. The maximum Gasteiger partial charge on any atom is 0.310 e. The molecule has 0 aromatic heterocycles. The van der Waals surface area contributed by atoms with Crippen molar-refractivity contribution < 1.29 is 19.7 Å². The number of carbonyl (C=O) groups excluding carboxylic acids is 1. The molecule has 0 saturated heterocycles. The zero-order valence-electron chi connectivity index (χ0n) is 8.73. The molecule has 0 bridgehead atoms. The fourth-order valence-corrected chi connectivity index (χ4v) is 1.24. The molecule has 0 saturated carbocycles. The van der Waals surface area contributed by atoms with Gasteiger partial charge in [0.15, 0.2) is 11.5 Å². The van der Waals surface area contributed by atoms with E-state index in [1.165, 1.54) is 12.1 Å². The van der Waals surface area contributed by atoms with Crippen LogP contribution in [-0.2, 0) is 16.0 Å². The molecule has 1 aromatic carbocycles. The Hall–Kier alpha value is -2.22. The van der Waals surface area contributed by atoms with E-state index in [9.17, 15) is 15.0 Å². The number of rotatable bonds is 3. The van der Waals surface area contributed by atoms with E-state index in [4.69, 9.17) is 10.00 Å². The number of esters is 1. The highest BCUT2D eigenvalue weighted by Gasteiger charge is 2.11. The first-order valence-corrected chi connectivity index (χ1v) is 4.69. The first-order valence-electron chi connectivity index (χ1n) is 4.69. The van der Waals surface area contributed by atoms with Gasteiger partial charge in [-0.05, 0) is 24.6 Å². The molecule has 5 nitrogen and oxygen atoms in total. The molecule has 0 spiro atoms. The number of nitrogens with zero attached hydrogens (tertiary/aromatic N) is 1. The Morgan fingerprint density at radius 1 is 1.50 bits per heavy atom. The van der Waals surface area contributed by atoms with Gasteiger partial charge in [0.05, 0.1) is 18.6 Å². The van der Waals surface area contributed by atoms with E-state index in [0.717, 1.165) is 0 Å². The Balaban J connectivity index is 2.95. The van der Waals surface area contributed by atoms with Gasteiger partial charge in [0, 0.05) is 0 Å². The van der Waals surface area contributed by atoms with Gasteiger partial charge < -0.3 is 14.9 Å². The minimum absolute atomic E-state index is 0.0453. The number of nitriles is 1. The molecule has 1 rings (SSSR count). The van der Waals surface area contributed by atoms with E-state index in [1.54, 1.807) is 13.0 Å². The number of carbonyl (C=O) groups is 1. The summed E-state index contributed by atoms with van der Waals surface area (Å²) in [4.78, 5) is 11.2. The molecule has 0 heterocycles. The van der Waals surface area contributed by atoms with Crippen molar-refractivity contribution in [2.24, 2.45) is 0 Å². The van der Waals surface area contributed by atoms with Gasteiger partial charge in [-0.25, -0.2) is 0 Å². The molecule has 0 aliphatic carbocycles. The Bertz CT molecular complexity index is 448. The molecule has 0 unspecified atom stereocenters. The van der Waals surface area contributed by atoms with Crippen LogP contribution in [0.25, 0.3) is 0 Å². The third-order valence-corrected chi connectivity index (χ3v) is 1.92. The molecule has 0 fully saturated rings. The van der Waals surface area contributed by atoms with Crippen LogP contribution in [0.5, 0.6) is 11.5 Å². The van der Waals surface area contributed by atoms with Crippen molar-refractivity contribution in [3.63, 3.8) is 0 Å². The van der Waals surface area contributed by atoms with Crippen molar-refractivity contribution in [3.05, 3.63) is 23.3 Å². The Labute approximate surface area is 92.5 Å². The predicted octanol–water partition coefficient (Wildman–Crippen LogP) is 1.08. The Morgan fingerprint density at radius 2 is 2.19 bits per heavy atom. The van der Waals surface area contributed by atoms with Crippen LogP contribution in [0.2, 0.25) is 0 Å². The average Bonchev–Trinajstić information content (AvgIpc) is 2.23. The zero-order valence-corrected chi connectivity index (χ0v) is 8.73. The summed E-state index contributed by atoms with van der Waals surface area (Å²) in [5.74, 6) is -1.34. The summed E-state index contributed by atoms with van der Waals surface area (Å²) >= 11 is 0. The van der Waals surface area contributed by atoms with E-state index in [0.29, 0.717) is 5.56 Å². The van der Waals surface area contributed by atoms with Gasteiger partial charge in [-0.15, -0.1) is 0 Å². The van der Waals surface area contributed by atoms with Crippen LogP contribution in [0.3, 0.4) is 0 Å². The van der Waals surface area contributed by atoms with Crippen LogP contribution in [0.1, 0.15) is 18.1 Å². The highest BCUT2D eigenvalue weighted by Crippen LogP contribution is 2.29. The van der Waals surface area contributed by atoms with Crippen LogP contribution in [0.4, 0.5) is 0 Å². The number of ether oxygens (including phenoxy) is 1. The van der Waals surface area contributed by atoms with Crippen molar-refractivity contribution in [2.45, 2.75) is 13.3 Å². The first-order chi connectivity index (χ1) is 7.58. The summed E-state index contributed by atoms with van der Waals surface area (Å²) in [5, 5.41) is 27.2. The fraction of sp³-hybridized carbons (Fsp3) is 0.273. The maximum absolute atomic E-state index is 11.2. The second kappa shape index (κ2) is 5.03. The minimum atomic E-state index is -0.477. The molecule has 1 aromatic rings. The molecule has 16 heavy (non-hydrogen) atoms. The normalized spacial score (nSPS) is 9.50. The lowest BCUT2D eigenvalue weighted by molar-refractivity contribution is -0.142. The van der Waals surface area contributed by atoms with Crippen LogP contribution in [-0.4, -0.2) is 22.8 Å². The maximum atomic E-state index is 11.2. The predicted molar refractivity (Wildman–Crippen MR) is 54.8 cm³/mol. The van der Waals surface area contributed by atoms with Gasteiger partial charge in [-0.3, -0.25) is 4.79 Å². The van der Waals surface area contributed by atoms with Crippen molar-refractivity contribution >= 4 is 5.97 Å². The number of phenols is 2. The topological polar surface area (TPSA) is 90.6 Å². The fourth-order valence-electron chi connectivity index (χ4n) is 1.24. The number of hydrogen-bond donors (Lipinski definition) is 2. The molecule has 84 valence electrons. The highest BCUT2D eigenvalue weighted by atomic mass is 16.5. The van der Waals surface area contributed by atoms with E-state index < -0.39 is 17.5 Å². The van der Waals surface area contributed by atoms with Gasteiger partial charge in [0.2, 0.25) is 0 Å². The van der Waals surface area contributed by atoms with Crippen molar-refractivity contribution in [1.29, 1.82) is 5.26 Å². The standard InChI is InChI=1S/C11H11NO4/c1-2-16-10(14)5-7-3-8(6-12)11(15)9(13)4-7/h3-4,13,15H,2,5H2,1H3. The van der Waals surface area contributed by atoms with Gasteiger partial charge in [-0.1, -0.05) is 0 Å². The summed E-state index contributed by atoms with van der Waals surface area (Å²) in [6, 6.07) is 4.29. The van der Waals surface area contributed by atoms with Crippen LogP contribution in [0.15, 0.2) is 12.1 Å². The van der Waals surface area contributed by atoms with Gasteiger partial charge in [0.1, 0.15) is 6.07 Å². The van der Waals surface area contributed by atoms with Crippen LogP contribution < -0.4 is 0 Å². The third kappa shape index (κ3) is 2.64. The minimum Gasteiger partial charge on any atom is -0.504 e. The monoisotopic (exact) mass is 221 g/mol. The number of benzene rings is 1. The van der Waals surface area contributed by atoms with Gasteiger partial charge in [0.25, 0.3) is 0 Å². The molecule has 0 aliphatic heterocycles. The quantitative estimate of drug-likeness (QED) is 0.588.